The van der Waals surface area contributed by atoms with Gasteiger partial charge in [0.1, 0.15) is 0 Å². The number of hydrogen-bond donors (Lipinski definition) is 1. The molecule has 10 heteroatoms. The summed E-state index contributed by atoms with van der Waals surface area (Å²) in [7, 11) is -2.53. The lowest BCUT2D eigenvalue weighted by Gasteiger charge is -2.20. The average molecular weight is 456 g/mol. The molecule has 0 spiro atoms. The Morgan fingerprint density at radius 1 is 1.03 bits per heavy atom. The number of rotatable bonds is 7. The zero-order chi connectivity index (χ0) is 23.3. The van der Waals surface area contributed by atoms with E-state index in [1.165, 1.54) is 43.6 Å². The Bertz CT molecular complexity index is 1230. The third-order valence-electron chi connectivity index (χ3n) is 4.46. The number of hydrogen-bond acceptors (Lipinski definition) is 7. The zero-order valence-corrected chi connectivity index (χ0v) is 18.1. The Morgan fingerprint density at radius 3 is 2.41 bits per heavy atom. The molecule has 1 heterocycles. The van der Waals surface area contributed by atoms with Crippen LogP contribution in [0.25, 0.3) is 0 Å². The number of imide groups is 1. The number of ether oxygens (including phenoxy) is 1. The van der Waals surface area contributed by atoms with Crippen molar-refractivity contribution >= 4 is 33.5 Å². The molecule has 2 aromatic carbocycles. The van der Waals surface area contributed by atoms with Crippen LogP contribution in [0, 0.1) is 6.92 Å². The Kier molecular flexibility index (Phi) is 6.74. The second-order valence-corrected chi connectivity index (χ2v) is 8.74. The molecule has 3 rings (SSSR count). The fourth-order valence-corrected chi connectivity index (χ4v) is 3.92. The first kappa shape index (κ1) is 22.8. The molecule has 1 N–H and O–H groups in total. The van der Waals surface area contributed by atoms with Crippen LogP contribution in [0.1, 0.15) is 26.5 Å². The highest BCUT2D eigenvalue weighted by Gasteiger charge is 2.23. The molecule has 9 nitrogen and oxygen atoms in total. The van der Waals surface area contributed by atoms with Gasteiger partial charge in [0.2, 0.25) is 0 Å². The SMILES string of the molecule is Cc1ccc(N(C)S(=O)(=O)c2cccc(C(=O)OCC(=O)NC(=O)c3ccco3)c2)cc1. The van der Waals surface area contributed by atoms with E-state index in [4.69, 9.17) is 9.15 Å². The van der Waals surface area contributed by atoms with Crippen molar-refractivity contribution in [3.05, 3.63) is 83.8 Å². The minimum absolute atomic E-state index is 0.0615. The predicted molar refractivity (Wildman–Crippen MR) is 115 cm³/mol. The van der Waals surface area contributed by atoms with Crippen molar-refractivity contribution in [2.45, 2.75) is 11.8 Å². The highest BCUT2D eigenvalue weighted by atomic mass is 32.2. The summed E-state index contributed by atoms with van der Waals surface area (Å²) in [5, 5.41) is 2.01. The van der Waals surface area contributed by atoms with E-state index < -0.39 is 34.4 Å². The lowest BCUT2D eigenvalue weighted by Crippen LogP contribution is -2.34. The summed E-state index contributed by atoms with van der Waals surface area (Å²) in [5.41, 5.74) is 1.38. The number of esters is 1. The number of benzene rings is 2. The lowest BCUT2D eigenvalue weighted by molar-refractivity contribution is -0.123. The molecule has 0 aliphatic rings. The Labute approximate surface area is 184 Å². The predicted octanol–water partition coefficient (Wildman–Crippen LogP) is 2.53. The van der Waals surface area contributed by atoms with Gasteiger partial charge in [-0.05, 0) is 49.4 Å². The Balaban J connectivity index is 1.66. The number of carbonyl (C=O) groups is 3. The quantitative estimate of drug-likeness (QED) is 0.542. The van der Waals surface area contributed by atoms with E-state index in [0.29, 0.717) is 5.69 Å². The van der Waals surface area contributed by atoms with Gasteiger partial charge < -0.3 is 9.15 Å². The first-order chi connectivity index (χ1) is 15.2. The van der Waals surface area contributed by atoms with Gasteiger partial charge >= 0.3 is 5.97 Å². The van der Waals surface area contributed by atoms with Crippen molar-refractivity contribution in [1.82, 2.24) is 5.32 Å². The lowest BCUT2D eigenvalue weighted by atomic mass is 10.2. The second-order valence-electron chi connectivity index (χ2n) is 6.77. The fraction of sp³-hybridized carbons (Fsp3) is 0.136. The van der Waals surface area contributed by atoms with Gasteiger partial charge in [0.05, 0.1) is 22.4 Å². The van der Waals surface area contributed by atoms with Crippen LogP contribution in [0.15, 0.2) is 76.2 Å². The van der Waals surface area contributed by atoms with Gasteiger partial charge in [0, 0.05) is 7.05 Å². The molecular formula is C22H20N2O7S. The molecule has 166 valence electrons. The van der Waals surface area contributed by atoms with Gasteiger partial charge in [-0.2, -0.15) is 0 Å². The highest BCUT2D eigenvalue weighted by molar-refractivity contribution is 7.92. The summed E-state index contributed by atoms with van der Waals surface area (Å²) in [5.74, 6) is -2.62. The fourth-order valence-electron chi connectivity index (χ4n) is 2.68. The summed E-state index contributed by atoms with van der Waals surface area (Å²) in [6, 6.07) is 15.0. The minimum atomic E-state index is -3.94. The molecule has 0 aliphatic carbocycles. The molecular weight excluding hydrogens is 436 g/mol. The molecule has 0 saturated carbocycles. The average Bonchev–Trinajstić information content (AvgIpc) is 3.33. The zero-order valence-electron chi connectivity index (χ0n) is 17.3. The van der Waals surface area contributed by atoms with Crippen molar-refractivity contribution in [3.8, 4) is 0 Å². The van der Waals surface area contributed by atoms with Crippen LogP contribution in [0.3, 0.4) is 0 Å². The molecule has 0 saturated heterocycles. The number of furan rings is 1. The number of anilines is 1. The first-order valence-electron chi connectivity index (χ1n) is 9.39. The molecule has 0 atom stereocenters. The smallest absolute Gasteiger partial charge is 0.338 e. The molecule has 0 aliphatic heterocycles. The maximum Gasteiger partial charge on any atom is 0.338 e. The van der Waals surface area contributed by atoms with E-state index in [0.717, 1.165) is 15.9 Å². The summed E-state index contributed by atoms with van der Waals surface area (Å²) in [6.45, 7) is 1.16. The molecule has 0 bridgehead atoms. The topological polar surface area (TPSA) is 123 Å². The number of sulfonamides is 1. The van der Waals surface area contributed by atoms with E-state index >= 15 is 0 Å². The second kappa shape index (κ2) is 9.48. The van der Waals surface area contributed by atoms with E-state index in [2.05, 4.69) is 0 Å². The summed E-state index contributed by atoms with van der Waals surface area (Å²) >= 11 is 0. The van der Waals surface area contributed by atoms with Gasteiger partial charge in [0.25, 0.3) is 21.8 Å². The van der Waals surface area contributed by atoms with Gasteiger partial charge in [-0.1, -0.05) is 23.8 Å². The van der Waals surface area contributed by atoms with Gasteiger partial charge in [0.15, 0.2) is 12.4 Å². The molecule has 0 unspecified atom stereocenters. The number of nitrogens with one attached hydrogen (secondary N) is 1. The van der Waals surface area contributed by atoms with Crippen LogP contribution < -0.4 is 9.62 Å². The van der Waals surface area contributed by atoms with Crippen molar-refractivity contribution < 1.29 is 32.0 Å². The maximum atomic E-state index is 13.0. The molecule has 3 aromatic rings. The molecule has 0 radical (unpaired) electrons. The van der Waals surface area contributed by atoms with E-state index in [-0.39, 0.29) is 16.2 Å². The number of nitrogens with zero attached hydrogens (tertiary/aromatic N) is 1. The Morgan fingerprint density at radius 2 is 1.75 bits per heavy atom. The number of amides is 2. The van der Waals surface area contributed by atoms with Gasteiger partial charge in [-0.25, -0.2) is 13.2 Å². The number of aryl methyl sites for hydroxylation is 1. The molecule has 2 amide bonds. The Hall–Kier alpha value is -3.92. The van der Waals surface area contributed by atoms with Crippen molar-refractivity contribution in [2.75, 3.05) is 18.0 Å². The van der Waals surface area contributed by atoms with E-state index in [9.17, 15) is 22.8 Å². The van der Waals surface area contributed by atoms with Crippen LogP contribution >= 0.6 is 0 Å². The maximum absolute atomic E-state index is 13.0. The van der Waals surface area contributed by atoms with Crippen molar-refractivity contribution in [3.63, 3.8) is 0 Å². The van der Waals surface area contributed by atoms with Crippen LogP contribution in [0.5, 0.6) is 0 Å². The van der Waals surface area contributed by atoms with Crippen LogP contribution in [-0.2, 0) is 19.6 Å². The summed E-state index contributed by atoms with van der Waals surface area (Å²) in [4.78, 5) is 35.8. The monoisotopic (exact) mass is 456 g/mol. The minimum Gasteiger partial charge on any atom is -0.459 e. The van der Waals surface area contributed by atoms with Crippen molar-refractivity contribution in [1.29, 1.82) is 0 Å². The number of carbonyl (C=O) groups excluding carboxylic acids is 3. The largest absolute Gasteiger partial charge is 0.459 e. The van der Waals surface area contributed by atoms with Gasteiger partial charge in [-0.15, -0.1) is 0 Å². The van der Waals surface area contributed by atoms with Crippen LogP contribution in [-0.4, -0.2) is 39.9 Å². The summed E-state index contributed by atoms with van der Waals surface area (Å²) in [6.07, 6.45) is 1.27. The third-order valence-corrected chi connectivity index (χ3v) is 6.24. The molecule has 0 fully saturated rings. The van der Waals surface area contributed by atoms with E-state index in [1.807, 2.05) is 12.2 Å². The van der Waals surface area contributed by atoms with E-state index in [1.54, 1.807) is 24.3 Å². The normalized spacial score (nSPS) is 10.9. The van der Waals surface area contributed by atoms with Crippen molar-refractivity contribution in [2.24, 2.45) is 0 Å². The highest BCUT2D eigenvalue weighted by Crippen LogP contribution is 2.23. The first-order valence-corrected chi connectivity index (χ1v) is 10.8. The van der Waals surface area contributed by atoms with Crippen LogP contribution in [0.4, 0.5) is 5.69 Å². The van der Waals surface area contributed by atoms with Crippen LogP contribution in [0.2, 0.25) is 0 Å². The third kappa shape index (κ3) is 5.22. The molecule has 32 heavy (non-hydrogen) atoms. The van der Waals surface area contributed by atoms with Gasteiger partial charge in [-0.3, -0.25) is 19.2 Å². The standard InChI is InChI=1S/C22H20N2O7S/c1-15-8-10-17(11-9-15)24(2)32(28,29)18-6-3-5-16(13-18)22(27)31-14-20(25)23-21(26)19-7-4-12-30-19/h3-13H,14H2,1-2H3,(H,23,25,26). The molecule has 1 aromatic heterocycles. The summed E-state index contributed by atoms with van der Waals surface area (Å²) < 4.78 is 36.8.